The van der Waals surface area contributed by atoms with E-state index in [0.29, 0.717) is 0 Å². The van der Waals surface area contributed by atoms with Crippen LogP contribution in [-0.2, 0) is 0 Å². The van der Waals surface area contributed by atoms with Gasteiger partial charge in [0.2, 0.25) is 0 Å². The molecular formula is C13H22S. The van der Waals surface area contributed by atoms with Crippen LogP contribution in [0.4, 0.5) is 0 Å². The number of allylic oxidation sites excluding steroid dienone is 4. The molecule has 0 aromatic carbocycles. The standard InChI is InChI=1S/C8H12S.C3H4.C2H6/c1-3-4-8-5-6-9-7(8)2;1-3-2;1-2/h3-4H,5-6H2,1-2H3;1H,2H3;1-2H3/b4-3-;;. The molecule has 1 aliphatic heterocycles. The van der Waals surface area contributed by atoms with E-state index < -0.39 is 0 Å². The zero-order valence-corrected chi connectivity index (χ0v) is 10.9. The van der Waals surface area contributed by atoms with Crippen molar-refractivity contribution in [3.63, 3.8) is 0 Å². The van der Waals surface area contributed by atoms with Crippen molar-refractivity contribution in [3.8, 4) is 12.3 Å². The SMILES string of the molecule is C#CC.C/C=C\C1=C(C)SCC1.CC. The summed E-state index contributed by atoms with van der Waals surface area (Å²) in [6, 6.07) is 0. The molecule has 0 amide bonds. The second-order valence-electron chi connectivity index (χ2n) is 2.47. The average molecular weight is 210 g/mol. The minimum Gasteiger partial charge on any atom is -0.130 e. The van der Waals surface area contributed by atoms with Crippen LogP contribution >= 0.6 is 11.8 Å². The first-order valence-electron chi connectivity index (χ1n) is 5.08. The third kappa shape index (κ3) is 8.01. The lowest BCUT2D eigenvalue weighted by Gasteiger charge is -1.90. The normalized spacial score (nSPS) is 14.0. The van der Waals surface area contributed by atoms with E-state index in [1.165, 1.54) is 22.7 Å². The third-order valence-electron chi connectivity index (χ3n) is 1.51. The van der Waals surface area contributed by atoms with Crippen molar-refractivity contribution in [2.24, 2.45) is 0 Å². The van der Waals surface area contributed by atoms with Crippen LogP contribution in [0.5, 0.6) is 0 Å². The maximum Gasteiger partial charge on any atom is 0.00176 e. The molecular weight excluding hydrogens is 188 g/mol. The van der Waals surface area contributed by atoms with Crippen LogP contribution in [0.1, 0.15) is 41.0 Å². The van der Waals surface area contributed by atoms with Crippen LogP contribution < -0.4 is 0 Å². The van der Waals surface area contributed by atoms with E-state index in [0.717, 1.165) is 0 Å². The molecule has 1 rings (SSSR count). The van der Waals surface area contributed by atoms with E-state index >= 15 is 0 Å². The fourth-order valence-corrected chi connectivity index (χ4v) is 1.97. The maximum atomic E-state index is 4.60. The molecule has 1 heteroatoms. The first-order chi connectivity index (χ1) is 6.76. The van der Waals surface area contributed by atoms with Crippen LogP contribution in [0.3, 0.4) is 0 Å². The van der Waals surface area contributed by atoms with E-state index in [2.05, 4.69) is 38.3 Å². The van der Waals surface area contributed by atoms with Gasteiger partial charge in [0.1, 0.15) is 0 Å². The van der Waals surface area contributed by atoms with E-state index in [9.17, 15) is 0 Å². The minimum absolute atomic E-state index is 1.26. The van der Waals surface area contributed by atoms with Crippen LogP contribution in [0.25, 0.3) is 0 Å². The Kier molecular flexibility index (Phi) is 14.0. The van der Waals surface area contributed by atoms with Crippen molar-refractivity contribution in [2.75, 3.05) is 5.75 Å². The topological polar surface area (TPSA) is 0 Å². The molecule has 0 aromatic rings. The first-order valence-corrected chi connectivity index (χ1v) is 6.07. The Morgan fingerprint density at radius 2 is 1.93 bits per heavy atom. The summed E-state index contributed by atoms with van der Waals surface area (Å²) in [5.74, 6) is 3.53. The highest BCUT2D eigenvalue weighted by Crippen LogP contribution is 2.30. The van der Waals surface area contributed by atoms with E-state index in [1.807, 2.05) is 25.6 Å². The van der Waals surface area contributed by atoms with Crippen molar-refractivity contribution in [1.82, 2.24) is 0 Å². The summed E-state index contributed by atoms with van der Waals surface area (Å²) in [5.41, 5.74) is 1.53. The maximum absolute atomic E-state index is 4.60. The molecule has 0 bridgehead atoms. The van der Waals surface area contributed by atoms with E-state index in [1.54, 1.807) is 6.92 Å². The fraction of sp³-hybridized carbons (Fsp3) is 0.538. The second kappa shape index (κ2) is 12.4. The highest BCUT2D eigenvalue weighted by atomic mass is 32.2. The van der Waals surface area contributed by atoms with E-state index in [4.69, 9.17) is 0 Å². The van der Waals surface area contributed by atoms with Gasteiger partial charge in [-0.3, -0.25) is 0 Å². The largest absolute Gasteiger partial charge is 0.130 e. The van der Waals surface area contributed by atoms with E-state index in [-0.39, 0.29) is 0 Å². The Labute approximate surface area is 93.9 Å². The van der Waals surface area contributed by atoms with Crippen LogP contribution in [0, 0.1) is 12.3 Å². The van der Waals surface area contributed by atoms with Crippen molar-refractivity contribution in [3.05, 3.63) is 22.6 Å². The van der Waals surface area contributed by atoms with Crippen LogP contribution in [0.2, 0.25) is 0 Å². The number of hydrogen-bond acceptors (Lipinski definition) is 1. The molecule has 0 radical (unpaired) electrons. The Balaban J connectivity index is 0. The average Bonchev–Trinajstić information content (AvgIpc) is 2.58. The van der Waals surface area contributed by atoms with Gasteiger partial charge in [-0.1, -0.05) is 26.0 Å². The van der Waals surface area contributed by atoms with Gasteiger partial charge < -0.3 is 0 Å². The van der Waals surface area contributed by atoms with Gasteiger partial charge in [0.25, 0.3) is 0 Å². The predicted octanol–water partition coefficient (Wildman–Crippen LogP) is 4.64. The first kappa shape index (κ1) is 15.8. The van der Waals surface area contributed by atoms with Crippen molar-refractivity contribution in [1.29, 1.82) is 0 Å². The highest BCUT2D eigenvalue weighted by molar-refractivity contribution is 8.03. The van der Waals surface area contributed by atoms with Crippen molar-refractivity contribution < 1.29 is 0 Å². The fourth-order valence-electron chi connectivity index (χ4n) is 0.985. The molecule has 0 fully saturated rings. The zero-order chi connectivity index (χ0) is 11.4. The summed E-state index contributed by atoms with van der Waals surface area (Å²) in [6.07, 6.45) is 10.2. The van der Waals surface area contributed by atoms with Crippen molar-refractivity contribution >= 4 is 11.8 Å². The summed E-state index contributed by atoms with van der Waals surface area (Å²) in [4.78, 5) is 1.51. The highest BCUT2D eigenvalue weighted by Gasteiger charge is 2.06. The minimum atomic E-state index is 1.26. The molecule has 0 nitrogen and oxygen atoms in total. The molecule has 0 atom stereocenters. The van der Waals surface area contributed by atoms with Crippen molar-refractivity contribution in [2.45, 2.75) is 41.0 Å². The molecule has 0 unspecified atom stereocenters. The summed E-state index contributed by atoms with van der Waals surface area (Å²) in [5, 5.41) is 0. The molecule has 0 saturated carbocycles. The van der Waals surface area contributed by atoms with Gasteiger partial charge in [0.15, 0.2) is 0 Å². The van der Waals surface area contributed by atoms with Crippen LogP contribution in [0.15, 0.2) is 22.6 Å². The zero-order valence-electron chi connectivity index (χ0n) is 10.1. The van der Waals surface area contributed by atoms with Gasteiger partial charge in [0.05, 0.1) is 0 Å². The van der Waals surface area contributed by atoms with Gasteiger partial charge >= 0.3 is 0 Å². The van der Waals surface area contributed by atoms with Gasteiger partial charge in [0, 0.05) is 5.75 Å². The van der Waals surface area contributed by atoms with Gasteiger partial charge in [-0.25, -0.2) is 0 Å². The third-order valence-corrected chi connectivity index (χ3v) is 2.61. The summed E-state index contributed by atoms with van der Waals surface area (Å²) in [7, 11) is 0. The summed E-state index contributed by atoms with van der Waals surface area (Å²) < 4.78 is 0. The molecule has 0 N–H and O–H groups in total. The number of rotatable bonds is 1. The van der Waals surface area contributed by atoms with Crippen LogP contribution in [-0.4, -0.2) is 5.75 Å². The molecule has 80 valence electrons. The molecule has 1 aliphatic rings. The molecule has 1 heterocycles. The number of hydrogen-bond donors (Lipinski definition) is 0. The number of thioether (sulfide) groups is 1. The molecule has 0 aromatic heterocycles. The Bertz CT molecular complexity index is 216. The van der Waals surface area contributed by atoms with Gasteiger partial charge in [-0.05, 0) is 37.7 Å². The number of terminal acetylenes is 1. The molecule has 0 aliphatic carbocycles. The lowest BCUT2D eigenvalue weighted by molar-refractivity contribution is 1.18. The lowest BCUT2D eigenvalue weighted by atomic mass is 10.2. The Morgan fingerprint density at radius 3 is 2.21 bits per heavy atom. The Hall–Kier alpha value is -0.610. The second-order valence-corrected chi connectivity index (χ2v) is 3.78. The lowest BCUT2D eigenvalue weighted by Crippen LogP contribution is -1.72. The molecule has 0 spiro atoms. The van der Waals surface area contributed by atoms with Gasteiger partial charge in [-0.2, -0.15) is 0 Å². The smallest absolute Gasteiger partial charge is 0.00176 e. The molecule has 14 heavy (non-hydrogen) atoms. The predicted molar refractivity (Wildman–Crippen MR) is 70.4 cm³/mol. The Morgan fingerprint density at radius 1 is 1.43 bits per heavy atom. The summed E-state index contributed by atoms with van der Waals surface area (Å²) >= 11 is 1.97. The van der Waals surface area contributed by atoms with Gasteiger partial charge in [-0.15, -0.1) is 24.1 Å². The molecule has 0 saturated heterocycles. The quantitative estimate of drug-likeness (QED) is 0.568. The summed E-state index contributed by atoms with van der Waals surface area (Å²) in [6.45, 7) is 9.93. The monoisotopic (exact) mass is 210 g/mol.